The van der Waals surface area contributed by atoms with E-state index in [1.54, 1.807) is 0 Å². The molecule has 3 heteroatoms. The zero-order valence-electron chi connectivity index (χ0n) is 12.7. The van der Waals surface area contributed by atoms with E-state index in [1.807, 2.05) is 24.3 Å². The highest BCUT2D eigenvalue weighted by molar-refractivity contribution is 9.10. The van der Waals surface area contributed by atoms with Crippen molar-refractivity contribution < 1.29 is 0 Å². The van der Waals surface area contributed by atoms with Crippen molar-refractivity contribution in [3.05, 3.63) is 63.6 Å². The van der Waals surface area contributed by atoms with Gasteiger partial charge < -0.3 is 5.32 Å². The summed E-state index contributed by atoms with van der Waals surface area (Å²) >= 11 is 9.71. The standard InChI is InChI=1S/C18H21BrClN/c1-18(2,3)12-17(13-7-5-4-6-8-13)21-16-11-14(20)9-10-15(16)19/h4-11,17,21H,12H2,1-3H3. The number of hydrogen-bond donors (Lipinski definition) is 1. The number of nitrogens with one attached hydrogen (secondary N) is 1. The Morgan fingerprint density at radius 3 is 2.38 bits per heavy atom. The van der Waals surface area contributed by atoms with E-state index in [2.05, 4.69) is 66.3 Å². The van der Waals surface area contributed by atoms with Crippen LogP contribution in [-0.2, 0) is 0 Å². The van der Waals surface area contributed by atoms with Crippen LogP contribution in [0.3, 0.4) is 0 Å². The molecule has 112 valence electrons. The maximum Gasteiger partial charge on any atom is 0.0519 e. The molecule has 0 heterocycles. The third-order valence-corrected chi connectivity index (χ3v) is 4.20. The van der Waals surface area contributed by atoms with Crippen molar-refractivity contribution in [2.75, 3.05) is 5.32 Å². The van der Waals surface area contributed by atoms with Gasteiger partial charge in [-0.1, -0.05) is 62.7 Å². The topological polar surface area (TPSA) is 12.0 Å². The van der Waals surface area contributed by atoms with Gasteiger partial charge in [0, 0.05) is 9.50 Å². The quantitative estimate of drug-likeness (QED) is 0.635. The molecule has 0 saturated heterocycles. The summed E-state index contributed by atoms with van der Waals surface area (Å²) < 4.78 is 1.03. The monoisotopic (exact) mass is 365 g/mol. The Kier molecular flexibility index (Phi) is 5.34. The smallest absolute Gasteiger partial charge is 0.0519 e. The van der Waals surface area contributed by atoms with Gasteiger partial charge >= 0.3 is 0 Å². The normalized spacial score (nSPS) is 13.0. The Morgan fingerprint density at radius 2 is 1.76 bits per heavy atom. The van der Waals surface area contributed by atoms with Gasteiger partial charge in [-0.05, 0) is 51.5 Å². The molecule has 0 saturated carbocycles. The van der Waals surface area contributed by atoms with Crippen molar-refractivity contribution in [2.45, 2.75) is 33.2 Å². The van der Waals surface area contributed by atoms with Gasteiger partial charge in [0.1, 0.15) is 0 Å². The summed E-state index contributed by atoms with van der Waals surface area (Å²) in [6.07, 6.45) is 1.04. The van der Waals surface area contributed by atoms with Crippen LogP contribution in [-0.4, -0.2) is 0 Å². The van der Waals surface area contributed by atoms with Crippen molar-refractivity contribution in [3.63, 3.8) is 0 Å². The van der Waals surface area contributed by atoms with Gasteiger partial charge in [-0.25, -0.2) is 0 Å². The van der Waals surface area contributed by atoms with Crippen molar-refractivity contribution in [1.82, 2.24) is 0 Å². The maximum atomic E-state index is 6.12. The van der Waals surface area contributed by atoms with Gasteiger partial charge in [0.15, 0.2) is 0 Å². The fourth-order valence-electron chi connectivity index (χ4n) is 2.35. The van der Waals surface area contributed by atoms with E-state index in [0.29, 0.717) is 0 Å². The zero-order valence-corrected chi connectivity index (χ0v) is 15.0. The molecule has 0 aliphatic rings. The van der Waals surface area contributed by atoms with E-state index in [1.165, 1.54) is 5.56 Å². The summed E-state index contributed by atoms with van der Waals surface area (Å²) in [6, 6.07) is 16.6. The van der Waals surface area contributed by atoms with Crippen LogP contribution in [0.2, 0.25) is 5.02 Å². The molecule has 0 amide bonds. The van der Waals surface area contributed by atoms with Crippen LogP contribution in [0.25, 0.3) is 0 Å². The Labute approximate surface area is 140 Å². The van der Waals surface area contributed by atoms with E-state index in [4.69, 9.17) is 11.6 Å². The van der Waals surface area contributed by atoms with E-state index >= 15 is 0 Å². The molecule has 1 atom stereocenters. The second-order valence-corrected chi connectivity index (χ2v) is 7.79. The molecular formula is C18H21BrClN. The third kappa shape index (κ3) is 5.05. The van der Waals surface area contributed by atoms with E-state index < -0.39 is 0 Å². The van der Waals surface area contributed by atoms with Gasteiger partial charge in [-0.15, -0.1) is 0 Å². The lowest BCUT2D eigenvalue weighted by Crippen LogP contribution is -2.18. The fraction of sp³-hybridized carbons (Fsp3) is 0.333. The first kappa shape index (κ1) is 16.4. The molecule has 0 spiro atoms. The minimum atomic E-state index is 0.235. The first-order valence-electron chi connectivity index (χ1n) is 7.12. The molecule has 0 radical (unpaired) electrons. The Balaban J connectivity index is 2.30. The minimum Gasteiger partial charge on any atom is -0.377 e. The average Bonchev–Trinajstić information content (AvgIpc) is 2.42. The zero-order chi connectivity index (χ0) is 15.5. The lowest BCUT2D eigenvalue weighted by atomic mass is 9.85. The molecule has 1 nitrogen and oxygen atoms in total. The Hall–Kier alpha value is -0.990. The highest BCUT2D eigenvalue weighted by Crippen LogP contribution is 2.35. The molecule has 0 fully saturated rings. The van der Waals surface area contributed by atoms with Gasteiger partial charge in [0.05, 0.1) is 11.7 Å². The van der Waals surface area contributed by atoms with Crippen molar-refractivity contribution in [3.8, 4) is 0 Å². The second kappa shape index (κ2) is 6.85. The van der Waals surface area contributed by atoms with Crippen LogP contribution in [0.1, 0.15) is 38.8 Å². The van der Waals surface area contributed by atoms with Crippen LogP contribution < -0.4 is 5.32 Å². The molecule has 0 aliphatic heterocycles. The van der Waals surface area contributed by atoms with Gasteiger partial charge in [-0.3, -0.25) is 0 Å². The van der Waals surface area contributed by atoms with Crippen LogP contribution in [0.15, 0.2) is 53.0 Å². The predicted octanol–water partition coefficient (Wildman–Crippen LogP) is 6.69. The highest BCUT2D eigenvalue weighted by Gasteiger charge is 2.20. The summed E-state index contributed by atoms with van der Waals surface area (Å²) in [4.78, 5) is 0. The summed E-state index contributed by atoms with van der Waals surface area (Å²) in [7, 11) is 0. The Morgan fingerprint density at radius 1 is 1.10 bits per heavy atom. The Bertz CT molecular complexity index is 590. The van der Waals surface area contributed by atoms with E-state index in [9.17, 15) is 0 Å². The number of rotatable bonds is 4. The fourth-order valence-corrected chi connectivity index (χ4v) is 2.88. The van der Waals surface area contributed by atoms with Crippen LogP contribution >= 0.6 is 27.5 Å². The number of benzene rings is 2. The first-order valence-corrected chi connectivity index (χ1v) is 8.29. The average molecular weight is 367 g/mol. The number of anilines is 1. The summed E-state index contributed by atoms with van der Waals surface area (Å²) in [5.41, 5.74) is 2.55. The molecule has 0 aromatic heterocycles. The molecule has 0 bridgehead atoms. The van der Waals surface area contributed by atoms with Crippen LogP contribution in [0, 0.1) is 5.41 Å². The maximum absolute atomic E-state index is 6.12. The second-order valence-electron chi connectivity index (χ2n) is 6.50. The molecule has 21 heavy (non-hydrogen) atoms. The molecule has 1 N–H and O–H groups in total. The minimum absolute atomic E-state index is 0.235. The molecule has 0 aliphatic carbocycles. The highest BCUT2D eigenvalue weighted by atomic mass is 79.9. The third-order valence-electron chi connectivity index (χ3n) is 3.28. The van der Waals surface area contributed by atoms with E-state index in [-0.39, 0.29) is 11.5 Å². The van der Waals surface area contributed by atoms with Gasteiger partial charge in [-0.2, -0.15) is 0 Å². The summed E-state index contributed by atoms with van der Waals surface area (Å²) in [5, 5.41) is 4.37. The SMILES string of the molecule is CC(C)(C)CC(Nc1cc(Cl)ccc1Br)c1ccccc1. The lowest BCUT2D eigenvalue weighted by Gasteiger charge is -2.28. The molecule has 2 aromatic carbocycles. The van der Waals surface area contributed by atoms with Crippen molar-refractivity contribution >= 4 is 33.2 Å². The molecule has 2 aromatic rings. The van der Waals surface area contributed by atoms with E-state index in [0.717, 1.165) is 21.6 Å². The molecule has 1 unspecified atom stereocenters. The number of halogens is 2. The summed E-state index contributed by atoms with van der Waals surface area (Å²) in [5.74, 6) is 0. The first-order chi connectivity index (χ1) is 9.85. The summed E-state index contributed by atoms with van der Waals surface area (Å²) in [6.45, 7) is 6.78. The predicted molar refractivity (Wildman–Crippen MR) is 96.0 cm³/mol. The van der Waals surface area contributed by atoms with Crippen molar-refractivity contribution in [2.24, 2.45) is 5.41 Å². The van der Waals surface area contributed by atoms with Gasteiger partial charge in [0.2, 0.25) is 0 Å². The van der Waals surface area contributed by atoms with Crippen molar-refractivity contribution in [1.29, 1.82) is 0 Å². The van der Waals surface area contributed by atoms with Gasteiger partial charge in [0.25, 0.3) is 0 Å². The van der Waals surface area contributed by atoms with Crippen LogP contribution in [0.5, 0.6) is 0 Å². The molecular weight excluding hydrogens is 346 g/mol. The molecule has 2 rings (SSSR count). The van der Waals surface area contributed by atoms with Crippen LogP contribution in [0.4, 0.5) is 5.69 Å². The number of hydrogen-bond acceptors (Lipinski definition) is 1. The largest absolute Gasteiger partial charge is 0.377 e. The lowest BCUT2D eigenvalue weighted by molar-refractivity contribution is 0.352.